The number of benzene rings is 2. The van der Waals surface area contributed by atoms with Gasteiger partial charge in [-0.15, -0.1) is 11.8 Å². The van der Waals surface area contributed by atoms with Gasteiger partial charge < -0.3 is 5.32 Å². The zero-order chi connectivity index (χ0) is 18.4. The van der Waals surface area contributed by atoms with Gasteiger partial charge in [-0.05, 0) is 42.8 Å². The van der Waals surface area contributed by atoms with Crippen LogP contribution in [0.4, 0.5) is 5.82 Å². The first kappa shape index (κ1) is 17.9. The number of aryl methyl sites for hydroxylation is 1. The van der Waals surface area contributed by atoms with E-state index in [2.05, 4.69) is 10.3 Å². The van der Waals surface area contributed by atoms with Crippen LogP contribution in [-0.4, -0.2) is 22.4 Å². The highest BCUT2D eigenvalue weighted by atomic mass is 32.2. The van der Waals surface area contributed by atoms with E-state index in [-0.39, 0.29) is 11.7 Å². The molecule has 4 nitrogen and oxygen atoms in total. The summed E-state index contributed by atoms with van der Waals surface area (Å²) in [5.74, 6) is 0.691. The summed E-state index contributed by atoms with van der Waals surface area (Å²) in [4.78, 5) is 29.6. The lowest BCUT2D eigenvalue weighted by Crippen LogP contribution is -2.13. The van der Waals surface area contributed by atoms with Crippen LogP contribution in [0.2, 0.25) is 0 Å². The van der Waals surface area contributed by atoms with Crippen molar-refractivity contribution >= 4 is 29.3 Å². The fourth-order valence-electron chi connectivity index (χ4n) is 2.38. The number of nitrogens with zero attached hydrogens (tertiary/aromatic N) is 1. The minimum Gasteiger partial charge on any atom is -0.307 e. The van der Waals surface area contributed by atoms with E-state index in [4.69, 9.17) is 0 Å². The Morgan fingerprint density at radius 2 is 1.73 bits per heavy atom. The van der Waals surface area contributed by atoms with Crippen molar-refractivity contribution in [2.75, 3.05) is 11.1 Å². The maximum absolute atomic E-state index is 12.4. The Kier molecular flexibility index (Phi) is 5.81. The number of pyridine rings is 1. The number of ketones is 1. The predicted molar refractivity (Wildman–Crippen MR) is 105 cm³/mol. The van der Waals surface area contributed by atoms with Gasteiger partial charge in [0.25, 0.3) is 5.91 Å². The van der Waals surface area contributed by atoms with Gasteiger partial charge in [-0.25, -0.2) is 4.98 Å². The monoisotopic (exact) mass is 362 g/mol. The number of hydrogen-bond donors (Lipinski definition) is 1. The molecule has 0 unspecified atom stereocenters. The van der Waals surface area contributed by atoms with Crippen molar-refractivity contribution in [3.63, 3.8) is 0 Å². The van der Waals surface area contributed by atoms with E-state index < -0.39 is 0 Å². The third-order valence-electron chi connectivity index (χ3n) is 3.72. The third-order valence-corrected chi connectivity index (χ3v) is 4.71. The summed E-state index contributed by atoms with van der Waals surface area (Å²) in [6, 6.07) is 20.1. The smallest absolute Gasteiger partial charge is 0.256 e. The number of Topliss-reactive ketones (excluding diaryl/α,β-unsaturated/α-hetero) is 1. The Morgan fingerprint density at radius 1 is 0.962 bits per heavy atom. The van der Waals surface area contributed by atoms with Crippen molar-refractivity contribution in [3.05, 3.63) is 89.6 Å². The number of anilines is 1. The second kappa shape index (κ2) is 8.45. The van der Waals surface area contributed by atoms with Gasteiger partial charge >= 0.3 is 0 Å². The maximum Gasteiger partial charge on any atom is 0.256 e. The number of rotatable bonds is 6. The summed E-state index contributed by atoms with van der Waals surface area (Å²) in [7, 11) is 0. The Hall–Kier alpha value is -2.92. The number of carbonyl (C=O) groups excluding carboxylic acids is 2. The van der Waals surface area contributed by atoms with E-state index in [0.29, 0.717) is 22.7 Å². The van der Waals surface area contributed by atoms with Crippen molar-refractivity contribution in [2.45, 2.75) is 11.8 Å². The van der Waals surface area contributed by atoms with E-state index in [1.807, 2.05) is 61.5 Å². The molecule has 1 N–H and O–H groups in total. The summed E-state index contributed by atoms with van der Waals surface area (Å²) in [6.45, 7) is 1.94. The fourth-order valence-corrected chi connectivity index (χ4v) is 3.23. The molecule has 0 atom stereocenters. The number of amides is 1. The number of thioether (sulfide) groups is 1. The molecule has 1 amide bonds. The van der Waals surface area contributed by atoms with Crippen LogP contribution in [0.3, 0.4) is 0 Å². The van der Waals surface area contributed by atoms with Crippen molar-refractivity contribution < 1.29 is 9.59 Å². The highest BCUT2D eigenvalue weighted by Gasteiger charge is 2.10. The molecule has 1 aromatic heterocycles. The SMILES string of the molecule is Cc1ccnc(NC(=O)c2cccc(SCC(=O)c3ccccc3)c2)c1. The van der Waals surface area contributed by atoms with Gasteiger partial charge in [0.15, 0.2) is 5.78 Å². The lowest BCUT2D eigenvalue weighted by Gasteiger charge is -2.07. The Bertz CT molecular complexity index is 926. The third kappa shape index (κ3) is 4.80. The number of nitrogens with one attached hydrogen (secondary N) is 1. The van der Waals surface area contributed by atoms with Crippen molar-refractivity contribution in [1.29, 1.82) is 0 Å². The zero-order valence-electron chi connectivity index (χ0n) is 14.3. The molecule has 2 aromatic carbocycles. The van der Waals surface area contributed by atoms with Gasteiger partial charge in [0.2, 0.25) is 0 Å². The van der Waals surface area contributed by atoms with Crippen molar-refractivity contribution in [2.24, 2.45) is 0 Å². The highest BCUT2D eigenvalue weighted by molar-refractivity contribution is 8.00. The van der Waals surface area contributed by atoms with E-state index >= 15 is 0 Å². The van der Waals surface area contributed by atoms with Crippen LogP contribution >= 0.6 is 11.8 Å². The van der Waals surface area contributed by atoms with Crippen LogP contribution in [0.15, 0.2) is 77.8 Å². The Balaban J connectivity index is 1.64. The van der Waals surface area contributed by atoms with Crippen LogP contribution in [0, 0.1) is 6.92 Å². The number of carbonyl (C=O) groups is 2. The molecule has 0 aliphatic carbocycles. The van der Waals surface area contributed by atoms with E-state index in [1.165, 1.54) is 11.8 Å². The molecular formula is C21H18N2O2S. The second-order valence-corrected chi connectivity index (χ2v) is 6.83. The van der Waals surface area contributed by atoms with Crippen molar-refractivity contribution in [3.8, 4) is 0 Å². The fraction of sp³-hybridized carbons (Fsp3) is 0.0952. The maximum atomic E-state index is 12.4. The van der Waals surface area contributed by atoms with Gasteiger partial charge in [0.05, 0.1) is 5.75 Å². The number of hydrogen-bond acceptors (Lipinski definition) is 4. The largest absolute Gasteiger partial charge is 0.307 e. The normalized spacial score (nSPS) is 10.3. The topological polar surface area (TPSA) is 59.1 Å². The molecule has 0 spiro atoms. The lowest BCUT2D eigenvalue weighted by molar-refractivity contribution is 0.101. The average molecular weight is 362 g/mol. The molecule has 26 heavy (non-hydrogen) atoms. The van der Waals surface area contributed by atoms with E-state index in [9.17, 15) is 9.59 Å². The van der Waals surface area contributed by atoms with E-state index in [1.54, 1.807) is 18.3 Å². The molecular weight excluding hydrogens is 344 g/mol. The number of aromatic nitrogens is 1. The molecule has 3 rings (SSSR count). The van der Waals surface area contributed by atoms with Crippen molar-refractivity contribution in [1.82, 2.24) is 4.98 Å². The molecule has 0 bridgehead atoms. The van der Waals surface area contributed by atoms with Crippen LogP contribution in [0.5, 0.6) is 0 Å². The molecule has 0 saturated heterocycles. The molecule has 130 valence electrons. The van der Waals surface area contributed by atoms with Crippen LogP contribution in [-0.2, 0) is 0 Å². The van der Waals surface area contributed by atoms with Gasteiger partial charge in [0, 0.05) is 22.2 Å². The average Bonchev–Trinajstić information content (AvgIpc) is 2.67. The quantitative estimate of drug-likeness (QED) is 0.513. The highest BCUT2D eigenvalue weighted by Crippen LogP contribution is 2.21. The minimum atomic E-state index is -0.222. The Morgan fingerprint density at radius 3 is 2.50 bits per heavy atom. The molecule has 5 heteroatoms. The molecule has 0 fully saturated rings. The first-order valence-corrected chi connectivity index (χ1v) is 9.15. The zero-order valence-corrected chi connectivity index (χ0v) is 15.1. The summed E-state index contributed by atoms with van der Waals surface area (Å²) < 4.78 is 0. The molecule has 1 heterocycles. The summed E-state index contributed by atoms with van der Waals surface area (Å²) >= 11 is 1.42. The summed E-state index contributed by atoms with van der Waals surface area (Å²) in [6.07, 6.45) is 1.66. The van der Waals surface area contributed by atoms with Crippen LogP contribution < -0.4 is 5.32 Å². The lowest BCUT2D eigenvalue weighted by atomic mass is 10.2. The standard InChI is InChI=1S/C21H18N2O2S/c1-15-10-11-22-20(12-15)23-21(25)17-8-5-9-18(13-17)26-14-19(24)16-6-3-2-4-7-16/h2-13H,14H2,1H3,(H,22,23,25). The molecule has 0 radical (unpaired) electrons. The van der Waals surface area contributed by atoms with Gasteiger partial charge in [-0.3, -0.25) is 9.59 Å². The second-order valence-electron chi connectivity index (χ2n) is 5.78. The first-order chi connectivity index (χ1) is 12.6. The predicted octanol–water partition coefficient (Wildman–Crippen LogP) is 4.62. The summed E-state index contributed by atoms with van der Waals surface area (Å²) in [5, 5.41) is 2.79. The van der Waals surface area contributed by atoms with Crippen LogP contribution in [0.1, 0.15) is 26.3 Å². The van der Waals surface area contributed by atoms with Gasteiger partial charge in [-0.1, -0.05) is 36.4 Å². The molecule has 0 aliphatic rings. The molecule has 0 aliphatic heterocycles. The Labute approximate surface area is 156 Å². The van der Waals surface area contributed by atoms with Gasteiger partial charge in [-0.2, -0.15) is 0 Å². The molecule has 3 aromatic rings. The first-order valence-electron chi connectivity index (χ1n) is 8.17. The van der Waals surface area contributed by atoms with Crippen LogP contribution in [0.25, 0.3) is 0 Å². The molecule has 0 saturated carbocycles. The van der Waals surface area contributed by atoms with E-state index in [0.717, 1.165) is 10.5 Å². The minimum absolute atomic E-state index is 0.0643. The summed E-state index contributed by atoms with van der Waals surface area (Å²) in [5.41, 5.74) is 2.25. The van der Waals surface area contributed by atoms with Gasteiger partial charge in [0.1, 0.15) is 5.82 Å².